The first-order chi connectivity index (χ1) is 26.1. The molecule has 0 unspecified atom stereocenters. The number of ether oxygens (including phenoxy) is 3. The fourth-order valence-corrected chi connectivity index (χ4v) is 7.98. The van der Waals surface area contributed by atoms with Crippen molar-refractivity contribution < 1.29 is 38.2 Å². The van der Waals surface area contributed by atoms with E-state index in [1.807, 2.05) is 47.6 Å². The van der Waals surface area contributed by atoms with Crippen molar-refractivity contribution in [3.8, 4) is 0 Å². The van der Waals surface area contributed by atoms with Gasteiger partial charge in [-0.2, -0.15) is 0 Å². The number of aliphatic imine (C=N–C) groups is 1. The van der Waals surface area contributed by atoms with Crippen LogP contribution in [0.5, 0.6) is 0 Å². The minimum Gasteiger partial charge on any atom is -0.376 e. The van der Waals surface area contributed by atoms with Crippen LogP contribution in [0.25, 0.3) is 0 Å². The number of hydrogen-bond donors (Lipinski definition) is 3. The first kappa shape index (κ1) is 45.8. The first-order valence-electron chi connectivity index (χ1n) is 19.1. The van der Waals surface area contributed by atoms with Gasteiger partial charge < -0.3 is 40.0 Å². The number of nitrogens with one attached hydrogen (secondary N) is 3. The van der Waals surface area contributed by atoms with E-state index in [1.165, 1.54) is 37.0 Å². The van der Waals surface area contributed by atoms with E-state index in [1.54, 1.807) is 56.4 Å². The van der Waals surface area contributed by atoms with Gasteiger partial charge in [0.25, 0.3) is 5.91 Å². The maximum absolute atomic E-state index is 14.1. The van der Waals surface area contributed by atoms with Crippen molar-refractivity contribution in [2.75, 3.05) is 54.2 Å². The minimum absolute atomic E-state index is 0.00348. The summed E-state index contributed by atoms with van der Waals surface area (Å²) in [5.74, 6) is -1.10. The maximum atomic E-state index is 14.1. The van der Waals surface area contributed by atoms with Crippen LogP contribution < -0.4 is 16.0 Å². The summed E-state index contributed by atoms with van der Waals surface area (Å²) >= 11 is 1.36. The Morgan fingerprint density at radius 2 is 1.62 bits per heavy atom. The molecule has 15 heteroatoms. The molecule has 0 bridgehead atoms. The van der Waals surface area contributed by atoms with Gasteiger partial charge in [-0.1, -0.05) is 84.4 Å². The average molecular weight is 787 g/mol. The SMILES string of the molecule is CC[C@H](C)[C@@H](/C=C/C(=O)NC[C@H]1O[C@H](C(=O)N[C@H](C(=O)C2=NCCS2)c2ccccc2)[C@@H](OC)[C@@H]1OC)N(C)C(=O)[C@H](C(C)C)N(C)C(=O)[C@@H](NC)C(C)C. The molecule has 14 nitrogen and oxygen atoms in total. The van der Waals surface area contributed by atoms with Crippen molar-refractivity contribution in [1.82, 2.24) is 25.8 Å². The highest BCUT2D eigenvalue weighted by atomic mass is 32.2. The number of carbonyl (C=O) groups is 5. The second-order valence-electron chi connectivity index (χ2n) is 14.8. The van der Waals surface area contributed by atoms with Crippen LogP contribution in [0.3, 0.4) is 0 Å². The molecule has 1 aromatic carbocycles. The number of methoxy groups -OCH3 is 2. The Kier molecular flexibility index (Phi) is 18.0. The van der Waals surface area contributed by atoms with E-state index in [-0.39, 0.29) is 41.9 Å². The fraction of sp³-hybridized carbons (Fsp3) is 0.650. The lowest BCUT2D eigenvalue weighted by Gasteiger charge is -2.39. The van der Waals surface area contributed by atoms with E-state index >= 15 is 0 Å². The summed E-state index contributed by atoms with van der Waals surface area (Å²) < 4.78 is 17.6. The molecule has 0 radical (unpaired) electrons. The van der Waals surface area contributed by atoms with Crippen molar-refractivity contribution >= 4 is 46.2 Å². The third kappa shape index (κ3) is 11.5. The Labute approximate surface area is 330 Å². The third-order valence-corrected chi connectivity index (χ3v) is 11.4. The molecule has 2 heterocycles. The van der Waals surface area contributed by atoms with Crippen LogP contribution in [0.2, 0.25) is 0 Å². The van der Waals surface area contributed by atoms with Crippen LogP contribution in [0, 0.1) is 17.8 Å². The minimum atomic E-state index is -1.14. The number of ketones is 1. The molecule has 1 aromatic rings. The Morgan fingerprint density at radius 1 is 0.964 bits per heavy atom. The number of hydrogen-bond acceptors (Lipinski definition) is 11. The topological polar surface area (TPSA) is 168 Å². The molecule has 1 fully saturated rings. The number of likely N-dealkylation sites (N-methyl/N-ethyl adjacent to an activating group) is 3. The van der Waals surface area contributed by atoms with Gasteiger partial charge in [0.1, 0.15) is 35.4 Å². The summed E-state index contributed by atoms with van der Waals surface area (Å²) in [5, 5.41) is 9.14. The van der Waals surface area contributed by atoms with Crippen LogP contribution in [-0.4, -0.2) is 141 Å². The predicted octanol–water partition coefficient (Wildman–Crippen LogP) is 2.63. The van der Waals surface area contributed by atoms with E-state index in [9.17, 15) is 24.0 Å². The first-order valence-corrected chi connectivity index (χ1v) is 20.1. The van der Waals surface area contributed by atoms with Crippen LogP contribution in [-0.2, 0) is 38.2 Å². The number of rotatable bonds is 20. The number of thioether (sulfide) groups is 1. The van der Waals surface area contributed by atoms with Crippen LogP contribution in [0.4, 0.5) is 0 Å². The molecule has 2 aliphatic heterocycles. The molecule has 0 spiro atoms. The van der Waals surface area contributed by atoms with Gasteiger partial charge in [-0.25, -0.2) is 0 Å². The second-order valence-corrected chi connectivity index (χ2v) is 15.9. The average Bonchev–Trinajstić information content (AvgIpc) is 3.84. The highest BCUT2D eigenvalue weighted by Crippen LogP contribution is 2.28. The Hall–Kier alpha value is -3.63. The Bertz CT molecular complexity index is 1520. The van der Waals surface area contributed by atoms with Crippen molar-refractivity contribution in [1.29, 1.82) is 0 Å². The van der Waals surface area contributed by atoms with Gasteiger partial charge in [0.2, 0.25) is 23.5 Å². The molecule has 0 saturated carbocycles. The lowest BCUT2D eigenvalue weighted by atomic mass is 9.94. The van der Waals surface area contributed by atoms with Gasteiger partial charge in [-0.05, 0) is 30.4 Å². The molecule has 0 aliphatic carbocycles. The van der Waals surface area contributed by atoms with E-state index in [0.717, 1.165) is 6.42 Å². The summed E-state index contributed by atoms with van der Waals surface area (Å²) in [5.41, 5.74) is 0.610. The zero-order chi connectivity index (χ0) is 41.0. The van der Waals surface area contributed by atoms with Gasteiger partial charge in [0, 0.05) is 53.2 Å². The fourth-order valence-electron chi connectivity index (χ4n) is 7.16. The number of nitrogens with zero attached hydrogens (tertiary/aromatic N) is 3. The maximum Gasteiger partial charge on any atom is 0.252 e. The van der Waals surface area contributed by atoms with Gasteiger partial charge in [-0.15, -0.1) is 11.8 Å². The Morgan fingerprint density at radius 3 is 2.15 bits per heavy atom. The van der Waals surface area contributed by atoms with Crippen molar-refractivity contribution in [2.45, 2.75) is 96.5 Å². The lowest BCUT2D eigenvalue weighted by Crippen LogP contribution is -2.57. The van der Waals surface area contributed by atoms with Crippen LogP contribution in [0.15, 0.2) is 47.5 Å². The van der Waals surface area contributed by atoms with Crippen molar-refractivity contribution in [3.05, 3.63) is 48.0 Å². The van der Waals surface area contributed by atoms with Gasteiger partial charge in [0.05, 0.1) is 12.1 Å². The predicted molar refractivity (Wildman–Crippen MR) is 215 cm³/mol. The van der Waals surface area contributed by atoms with E-state index in [0.29, 0.717) is 22.9 Å². The zero-order valence-corrected chi connectivity index (χ0v) is 35.1. The standard InChI is InChI=1S/C40H62N6O8S/c1-12-25(6)27(45(8)40(51)32(24(4)5)46(9)39(50)30(41-7)23(2)3)18-19-29(47)43-22-28-34(52-10)35(53-11)36(54-28)37(49)44-31(26-16-14-13-15-17-26)33(48)38-42-20-21-55-38/h13-19,23-25,27-28,30-32,34-36,41H,12,20-22H2,1-11H3,(H,43,47)(H,44,49)/b19-18+/t25-,27+,28+,30-,31-,32-,34+,35-,36-/m0/s1. The molecule has 3 N–H and O–H groups in total. The normalized spacial score (nSPS) is 22.5. The third-order valence-electron chi connectivity index (χ3n) is 10.4. The largest absolute Gasteiger partial charge is 0.376 e. The van der Waals surface area contributed by atoms with Gasteiger partial charge in [0.15, 0.2) is 6.10 Å². The van der Waals surface area contributed by atoms with Crippen molar-refractivity contribution in [2.24, 2.45) is 22.7 Å². The van der Waals surface area contributed by atoms with E-state index < -0.39 is 60.4 Å². The molecule has 0 aromatic heterocycles. The summed E-state index contributed by atoms with van der Waals surface area (Å²) in [6, 6.07) is 6.40. The molecule has 2 aliphatic rings. The van der Waals surface area contributed by atoms with Crippen LogP contribution in [0.1, 0.15) is 59.6 Å². The quantitative estimate of drug-likeness (QED) is 0.167. The number of carbonyl (C=O) groups excluding carboxylic acids is 5. The monoisotopic (exact) mass is 786 g/mol. The highest BCUT2D eigenvalue weighted by Gasteiger charge is 2.49. The Balaban J connectivity index is 1.73. The smallest absolute Gasteiger partial charge is 0.252 e. The van der Waals surface area contributed by atoms with Crippen LogP contribution >= 0.6 is 11.8 Å². The van der Waals surface area contributed by atoms with E-state index in [2.05, 4.69) is 20.9 Å². The molecule has 1 saturated heterocycles. The highest BCUT2D eigenvalue weighted by molar-refractivity contribution is 8.16. The molecule has 4 amide bonds. The molecule has 9 atom stereocenters. The van der Waals surface area contributed by atoms with Gasteiger partial charge >= 0.3 is 0 Å². The number of Topliss-reactive ketones (excluding diaryl/α,β-unsaturated/α-hetero) is 1. The molecule has 306 valence electrons. The number of amides is 4. The second kappa shape index (κ2) is 21.6. The van der Waals surface area contributed by atoms with Crippen molar-refractivity contribution in [3.63, 3.8) is 0 Å². The summed E-state index contributed by atoms with van der Waals surface area (Å²) in [6.07, 6.45) is 0.395. The molecular formula is C40H62N6O8S. The van der Waals surface area contributed by atoms with E-state index in [4.69, 9.17) is 14.2 Å². The summed E-state index contributed by atoms with van der Waals surface area (Å²) in [4.78, 5) is 75.5. The lowest BCUT2D eigenvalue weighted by molar-refractivity contribution is -0.148. The molecule has 55 heavy (non-hydrogen) atoms. The molecule has 3 rings (SSSR count). The zero-order valence-electron chi connectivity index (χ0n) is 34.2. The number of benzene rings is 1. The summed E-state index contributed by atoms with van der Waals surface area (Å²) in [7, 11) is 8.03. The summed E-state index contributed by atoms with van der Waals surface area (Å²) in [6.45, 7) is 12.3. The molecular weight excluding hydrogens is 725 g/mol. The van der Waals surface area contributed by atoms with Gasteiger partial charge in [-0.3, -0.25) is 29.0 Å².